The molecule has 8 heteroatoms. The van der Waals surface area contributed by atoms with Gasteiger partial charge in [-0.05, 0) is 24.1 Å². The van der Waals surface area contributed by atoms with Crippen molar-refractivity contribution in [2.75, 3.05) is 6.54 Å². The molecule has 4 nitrogen and oxygen atoms in total. The number of hydrogen-bond acceptors (Lipinski definition) is 3. The van der Waals surface area contributed by atoms with Gasteiger partial charge in [-0.3, -0.25) is 4.98 Å². The zero-order valence-corrected chi connectivity index (χ0v) is 13.4. The molecule has 128 valence electrons. The second kappa shape index (κ2) is 6.18. The van der Waals surface area contributed by atoms with Crippen molar-refractivity contribution in [3.05, 3.63) is 65.5 Å². The molecule has 0 bridgehead atoms. The number of hydrogen-bond donors (Lipinski definition) is 0. The molecule has 1 aromatic carbocycles. The van der Waals surface area contributed by atoms with E-state index < -0.39 is 27.0 Å². The molecule has 1 unspecified atom stereocenters. The average Bonchev–Trinajstić information content (AvgIpc) is 2.83. The van der Waals surface area contributed by atoms with Crippen LogP contribution >= 0.6 is 0 Å². The van der Waals surface area contributed by atoms with Crippen molar-refractivity contribution in [2.45, 2.75) is 24.4 Å². The number of sulfonamides is 1. The topological polar surface area (TPSA) is 50.3 Å². The van der Waals surface area contributed by atoms with E-state index in [2.05, 4.69) is 4.98 Å². The fourth-order valence-electron chi connectivity index (χ4n) is 2.76. The van der Waals surface area contributed by atoms with E-state index in [9.17, 15) is 21.6 Å². The maximum Gasteiger partial charge on any atom is 0.417 e. The highest BCUT2D eigenvalue weighted by molar-refractivity contribution is 7.89. The SMILES string of the molecule is O=S1(=O)C(c2ccccc2)CCN1Cc1ccc(C(F)(F)F)cn1. The van der Waals surface area contributed by atoms with Crippen LogP contribution in [0.3, 0.4) is 0 Å². The van der Waals surface area contributed by atoms with Crippen molar-refractivity contribution in [2.24, 2.45) is 0 Å². The third kappa shape index (κ3) is 3.29. The Hall–Kier alpha value is -1.93. The molecule has 0 aliphatic carbocycles. The summed E-state index contributed by atoms with van der Waals surface area (Å²) in [6.45, 7) is 0.300. The summed E-state index contributed by atoms with van der Waals surface area (Å²) >= 11 is 0. The van der Waals surface area contributed by atoms with Crippen LogP contribution in [0.1, 0.15) is 28.5 Å². The molecule has 0 amide bonds. The molecule has 1 aliphatic rings. The molecule has 1 aliphatic heterocycles. The monoisotopic (exact) mass is 356 g/mol. The van der Waals surface area contributed by atoms with Gasteiger partial charge in [-0.15, -0.1) is 0 Å². The van der Waals surface area contributed by atoms with Crippen molar-refractivity contribution in [3.8, 4) is 0 Å². The Morgan fingerprint density at radius 2 is 1.83 bits per heavy atom. The second-order valence-corrected chi connectivity index (χ2v) is 7.72. The Balaban J connectivity index is 1.77. The van der Waals surface area contributed by atoms with E-state index >= 15 is 0 Å². The summed E-state index contributed by atoms with van der Waals surface area (Å²) in [5, 5.41) is -0.617. The van der Waals surface area contributed by atoms with Crippen molar-refractivity contribution in [1.82, 2.24) is 9.29 Å². The molecule has 1 aromatic heterocycles. The highest BCUT2D eigenvalue weighted by atomic mass is 32.2. The largest absolute Gasteiger partial charge is 0.417 e. The van der Waals surface area contributed by atoms with Gasteiger partial charge in [-0.1, -0.05) is 30.3 Å². The van der Waals surface area contributed by atoms with Gasteiger partial charge in [0.05, 0.1) is 17.8 Å². The van der Waals surface area contributed by atoms with Crippen LogP contribution < -0.4 is 0 Å². The molecule has 0 radical (unpaired) electrons. The van der Waals surface area contributed by atoms with Crippen molar-refractivity contribution < 1.29 is 21.6 Å². The van der Waals surface area contributed by atoms with Gasteiger partial charge in [-0.25, -0.2) is 8.42 Å². The van der Waals surface area contributed by atoms with Crippen LogP contribution in [0, 0.1) is 0 Å². The summed E-state index contributed by atoms with van der Waals surface area (Å²) in [5.41, 5.74) is 0.165. The Kier molecular flexibility index (Phi) is 4.35. The van der Waals surface area contributed by atoms with Crippen LogP contribution in [0.15, 0.2) is 48.7 Å². The summed E-state index contributed by atoms with van der Waals surface area (Å²) in [7, 11) is -3.55. The molecule has 24 heavy (non-hydrogen) atoms. The number of aromatic nitrogens is 1. The Morgan fingerprint density at radius 3 is 2.42 bits per heavy atom. The standard InChI is InChI=1S/C16H15F3N2O2S/c17-16(18,19)13-6-7-14(20-10-13)11-21-9-8-15(24(21,22)23)12-4-2-1-3-5-12/h1-7,10,15H,8-9,11H2. The Bertz CT molecular complexity index is 805. The first kappa shape index (κ1) is 16.9. The third-order valence-corrected chi connectivity index (χ3v) is 6.28. The van der Waals surface area contributed by atoms with E-state index in [4.69, 9.17) is 0 Å². The lowest BCUT2D eigenvalue weighted by molar-refractivity contribution is -0.137. The van der Waals surface area contributed by atoms with Crippen LogP contribution in [0.5, 0.6) is 0 Å². The predicted molar refractivity (Wildman–Crippen MR) is 82.4 cm³/mol. The third-order valence-electron chi connectivity index (χ3n) is 4.02. The molecule has 1 fully saturated rings. The fraction of sp³-hybridized carbons (Fsp3) is 0.312. The second-order valence-electron chi connectivity index (χ2n) is 5.60. The first-order valence-corrected chi connectivity index (χ1v) is 8.85. The molecule has 2 aromatic rings. The molecule has 1 saturated heterocycles. The first-order valence-electron chi connectivity index (χ1n) is 7.34. The molecule has 0 spiro atoms. The van der Waals surface area contributed by atoms with Crippen LogP contribution in [-0.4, -0.2) is 24.3 Å². The summed E-state index contributed by atoms with van der Waals surface area (Å²) in [6, 6.07) is 11.0. The molecule has 3 rings (SSSR count). The van der Waals surface area contributed by atoms with Crippen molar-refractivity contribution in [3.63, 3.8) is 0 Å². The van der Waals surface area contributed by atoms with Gasteiger partial charge in [0.2, 0.25) is 10.0 Å². The summed E-state index contributed by atoms with van der Waals surface area (Å²) in [4.78, 5) is 3.75. The van der Waals surface area contributed by atoms with E-state index in [0.29, 0.717) is 18.7 Å². The lowest BCUT2D eigenvalue weighted by Crippen LogP contribution is -2.26. The Labute approximate surface area is 138 Å². The van der Waals surface area contributed by atoms with E-state index in [-0.39, 0.29) is 6.54 Å². The van der Waals surface area contributed by atoms with Crippen molar-refractivity contribution >= 4 is 10.0 Å². The smallest absolute Gasteiger partial charge is 0.259 e. The van der Waals surface area contributed by atoms with Crippen LogP contribution in [0.2, 0.25) is 0 Å². The summed E-state index contributed by atoms with van der Waals surface area (Å²) < 4.78 is 64.2. The fourth-order valence-corrected chi connectivity index (χ4v) is 4.70. The number of pyridine rings is 1. The quantitative estimate of drug-likeness (QED) is 0.847. The highest BCUT2D eigenvalue weighted by Crippen LogP contribution is 2.36. The summed E-state index contributed by atoms with van der Waals surface area (Å²) in [6.07, 6.45) is -3.27. The average molecular weight is 356 g/mol. The van der Waals surface area contributed by atoms with Gasteiger partial charge in [-0.2, -0.15) is 17.5 Å². The lowest BCUT2D eigenvalue weighted by atomic mass is 10.1. The Morgan fingerprint density at radius 1 is 1.12 bits per heavy atom. The lowest BCUT2D eigenvalue weighted by Gasteiger charge is -2.17. The maximum atomic E-state index is 12.6. The van der Waals surface area contributed by atoms with Crippen LogP contribution in [0.25, 0.3) is 0 Å². The van der Waals surface area contributed by atoms with E-state index in [1.807, 2.05) is 6.07 Å². The molecule has 1 atom stereocenters. The first-order chi connectivity index (χ1) is 11.3. The van der Waals surface area contributed by atoms with Gasteiger partial charge in [0.25, 0.3) is 0 Å². The number of nitrogens with zero attached hydrogens (tertiary/aromatic N) is 2. The summed E-state index contributed by atoms with van der Waals surface area (Å²) in [5.74, 6) is 0. The zero-order valence-electron chi connectivity index (χ0n) is 12.6. The highest BCUT2D eigenvalue weighted by Gasteiger charge is 2.39. The molecular weight excluding hydrogens is 341 g/mol. The molecule has 0 saturated carbocycles. The minimum Gasteiger partial charge on any atom is -0.259 e. The molecule has 0 N–H and O–H groups in total. The number of rotatable bonds is 3. The minimum atomic E-state index is -4.45. The van der Waals surface area contributed by atoms with Gasteiger partial charge in [0.1, 0.15) is 5.25 Å². The minimum absolute atomic E-state index is 0.0240. The molecular formula is C16H15F3N2O2S. The van der Waals surface area contributed by atoms with E-state index in [0.717, 1.165) is 17.8 Å². The van der Waals surface area contributed by atoms with Gasteiger partial charge in [0.15, 0.2) is 0 Å². The molecule has 2 heterocycles. The van der Waals surface area contributed by atoms with Crippen molar-refractivity contribution in [1.29, 1.82) is 0 Å². The van der Waals surface area contributed by atoms with E-state index in [1.165, 1.54) is 10.4 Å². The van der Waals surface area contributed by atoms with Crippen LogP contribution in [0.4, 0.5) is 13.2 Å². The number of benzene rings is 1. The number of alkyl halides is 3. The maximum absolute atomic E-state index is 12.6. The normalized spacial score (nSPS) is 21.0. The van der Waals surface area contributed by atoms with Gasteiger partial charge in [0, 0.05) is 12.7 Å². The predicted octanol–water partition coefficient (Wildman–Crippen LogP) is 3.38. The van der Waals surface area contributed by atoms with Crippen LogP contribution in [-0.2, 0) is 22.7 Å². The van der Waals surface area contributed by atoms with Gasteiger partial charge >= 0.3 is 6.18 Å². The number of halogens is 3. The zero-order chi connectivity index (χ0) is 17.4. The van der Waals surface area contributed by atoms with Gasteiger partial charge < -0.3 is 0 Å². The van der Waals surface area contributed by atoms with E-state index in [1.54, 1.807) is 24.3 Å².